The quantitative estimate of drug-likeness (QED) is 0.675. The van der Waals surface area contributed by atoms with Crippen LogP contribution in [0.15, 0.2) is 0 Å². The molecular formula is C7H14ClNO4S. The van der Waals surface area contributed by atoms with Crippen LogP contribution < -0.4 is 5.73 Å². The average Bonchev–Trinajstić information content (AvgIpc) is 1.80. The molecule has 0 amide bonds. The Balaban J connectivity index is 0.00000169. The standard InChI is InChI=1S/C7H13NO4S.ClH/c1-2-12-6(9)3-7(8)4-13(10,11)5-7;/h2-5,8H2,1H3;1H. The van der Waals surface area contributed by atoms with Gasteiger partial charge in [0.05, 0.1) is 30.1 Å². The fourth-order valence-electron chi connectivity index (χ4n) is 1.44. The Morgan fingerprint density at radius 3 is 2.36 bits per heavy atom. The molecule has 0 unspecified atom stereocenters. The molecule has 1 aliphatic rings. The zero-order valence-electron chi connectivity index (χ0n) is 7.86. The van der Waals surface area contributed by atoms with Gasteiger partial charge in [-0.2, -0.15) is 0 Å². The molecule has 1 saturated heterocycles. The summed E-state index contributed by atoms with van der Waals surface area (Å²) in [6.45, 7) is 1.99. The van der Waals surface area contributed by atoms with Gasteiger partial charge in [0.1, 0.15) is 0 Å². The van der Waals surface area contributed by atoms with Crippen molar-refractivity contribution in [3.05, 3.63) is 0 Å². The zero-order valence-corrected chi connectivity index (χ0v) is 9.49. The fraction of sp³-hybridized carbons (Fsp3) is 0.857. The molecule has 7 heteroatoms. The highest BCUT2D eigenvalue weighted by molar-refractivity contribution is 7.93. The van der Waals surface area contributed by atoms with Crippen molar-refractivity contribution in [3.8, 4) is 0 Å². The molecule has 0 aromatic rings. The van der Waals surface area contributed by atoms with Gasteiger partial charge >= 0.3 is 5.97 Å². The summed E-state index contributed by atoms with van der Waals surface area (Å²) in [6.07, 6.45) is -0.0138. The topological polar surface area (TPSA) is 86.5 Å². The van der Waals surface area contributed by atoms with Gasteiger partial charge in [-0.15, -0.1) is 12.4 Å². The van der Waals surface area contributed by atoms with Crippen LogP contribution in [0, 0.1) is 0 Å². The van der Waals surface area contributed by atoms with Crippen LogP contribution in [-0.4, -0.2) is 38.0 Å². The van der Waals surface area contributed by atoms with E-state index in [1.165, 1.54) is 0 Å². The Morgan fingerprint density at radius 1 is 1.50 bits per heavy atom. The van der Waals surface area contributed by atoms with Crippen molar-refractivity contribution < 1.29 is 17.9 Å². The van der Waals surface area contributed by atoms with Crippen LogP contribution in [0.25, 0.3) is 0 Å². The summed E-state index contributed by atoms with van der Waals surface area (Å²) in [7, 11) is -2.98. The molecule has 14 heavy (non-hydrogen) atoms. The van der Waals surface area contributed by atoms with Gasteiger partial charge in [0.2, 0.25) is 0 Å². The molecule has 2 N–H and O–H groups in total. The maximum atomic E-state index is 11.0. The number of hydrogen-bond acceptors (Lipinski definition) is 5. The first-order valence-corrected chi connectivity index (χ1v) is 5.84. The van der Waals surface area contributed by atoms with Crippen molar-refractivity contribution in [3.63, 3.8) is 0 Å². The second-order valence-corrected chi connectivity index (χ2v) is 5.44. The van der Waals surface area contributed by atoms with Crippen LogP contribution in [0.1, 0.15) is 13.3 Å². The first-order valence-electron chi connectivity index (χ1n) is 4.02. The smallest absolute Gasteiger partial charge is 0.307 e. The highest BCUT2D eigenvalue weighted by Gasteiger charge is 2.46. The molecular weight excluding hydrogens is 230 g/mol. The number of rotatable bonds is 3. The SMILES string of the molecule is CCOC(=O)CC1(N)CS(=O)(=O)C1.Cl. The largest absolute Gasteiger partial charge is 0.466 e. The summed E-state index contributed by atoms with van der Waals surface area (Å²) < 4.78 is 26.3. The van der Waals surface area contributed by atoms with Crippen molar-refractivity contribution in [2.24, 2.45) is 5.73 Å². The van der Waals surface area contributed by atoms with E-state index >= 15 is 0 Å². The second kappa shape index (κ2) is 4.46. The third-order valence-electron chi connectivity index (χ3n) is 1.82. The average molecular weight is 244 g/mol. The molecule has 1 heterocycles. The molecule has 0 bridgehead atoms. The second-order valence-electron chi connectivity index (χ2n) is 3.38. The lowest BCUT2D eigenvalue weighted by atomic mass is 10.0. The molecule has 0 aromatic carbocycles. The van der Waals surface area contributed by atoms with E-state index in [0.717, 1.165) is 0 Å². The third kappa shape index (κ3) is 3.43. The van der Waals surface area contributed by atoms with Crippen molar-refractivity contribution >= 4 is 28.2 Å². The van der Waals surface area contributed by atoms with Crippen LogP contribution in [0.5, 0.6) is 0 Å². The summed E-state index contributed by atoms with van der Waals surface area (Å²) >= 11 is 0. The minimum atomic E-state index is -2.98. The predicted molar refractivity (Wildman–Crippen MR) is 54.1 cm³/mol. The molecule has 0 aromatic heterocycles. The molecule has 1 fully saturated rings. The van der Waals surface area contributed by atoms with Gasteiger partial charge in [-0.3, -0.25) is 4.79 Å². The Hall–Kier alpha value is -0.330. The monoisotopic (exact) mass is 243 g/mol. The summed E-state index contributed by atoms with van der Waals surface area (Å²) in [5.74, 6) is -0.655. The van der Waals surface area contributed by atoms with Crippen LogP contribution in [-0.2, 0) is 19.4 Å². The van der Waals surface area contributed by atoms with Crippen molar-refractivity contribution in [2.45, 2.75) is 18.9 Å². The van der Waals surface area contributed by atoms with E-state index in [-0.39, 0.29) is 30.3 Å². The van der Waals surface area contributed by atoms with Gasteiger partial charge in [0.15, 0.2) is 9.84 Å². The van der Waals surface area contributed by atoms with Gasteiger partial charge in [-0.1, -0.05) is 0 Å². The van der Waals surface area contributed by atoms with Crippen LogP contribution in [0.4, 0.5) is 0 Å². The Labute approximate surface area is 89.3 Å². The minimum absolute atomic E-state index is 0. The van der Waals surface area contributed by atoms with Gasteiger partial charge in [0, 0.05) is 0 Å². The van der Waals surface area contributed by atoms with Crippen molar-refractivity contribution in [2.75, 3.05) is 18.1 Å². The van der Waals surface area contributed by atoms with E-state index in [1.807, 2.05) is 0 Å². The maximum absolute atomic E-state index is 11.0. The van der Waals surface area contributed by atoms with Crippen LogP contribution >= 0.6 is 12.4 Å². The molecule has 84 valence electrons. The lowest BCUT2D eigenvalue weighted by molar-refractivity contribution is -0.144. The lowest BCUT2D eigenvalue weighted by Gasteiger charge is -2.36. The van der Waals surface area contributed by atoms with Gasteiger partial charge in [-0.25, -0.2) is 8.42 Å². The summed E-state index contributed by atoms with van der Waals surface area (Å²) in [5.41, 5.74) is 4.75. The molecule has 5 nitrogen and oxygen atoms in total. The number of carbonyl (C=O) groups excluding carboxylic acids is 1. The van der Waals surface area contributed by atoms with E-state index in [1.54, 1.807) is 6.92 Å². The minimum Gasteiger partial charge on any atom is -0.466 e. The first kappa shape index (κ1) is 13.7. The number of esters is 1. The van der Waals surface area contributed by atoms with E-state index in [9.17, 15) is 13.2 Å². The number of carbonyl (C=O) groups is 1. The van der Waals surface area contributed by atoms with E-state index in [2.05, 4.69) is 4.74 Å². The van der Waals surface area contributed by atoms with E-state index in [0.29, 0.717) is 6.61 Å². The summed E-state index contributed by atoms with van der Waals surface area (Å²) in [5, 5.41) is 0. The zero-order chi connectivity index (χ0) is 10.1. The number of halogens is 1. The number of hydrogen-bond donors (Lipinski definition) is 1. The maximum Gasteiger partial charge on any atom is 0.307 e. The normalized spacial score (nSPS) is 21.6. The Kier molecular flexibility index (Phi) is 4.35. The Morgan fingerprint density at radius 2 is 2.00 bits per heavy atom. The van der Waals surface area contributed by atoms with Crippen LogP contribution in [0.2, 0.25) is 0 Å². The third-order valence-corrected chi connectivity index (χ3v) is 3.85. The van der Waals surface area contributed by atoms with Crippen molar-refractivity contribution in [1.82, 2.24) is 0 Å². The molecule has 0 spiro atoms. The molecule has 0 atom stereocenters. The van der Waals surface area contributed by atoms with Crippen molar-refractivity contribution in [1.29, 1.82) is 0 Å². The number of nitrogens with two attached hydrogens (primary N) is 1. The summed E-state index contributed by atoms with van der Waals surface area (Å²) in [4.78, 5) is 11.0. The number of ether oxygens (including phenoxy) is 1. The number of sulfone groups is 1. The fourth-order valence-corrected chi connectivity index (χ4v) is 3.31. The molecule has 0 aliphatic carbocycles. The lowest BCUT2D eigenvalue weighted by Crippen LogP contribution is -2.62. The van der Waals surface area contributed by atoms with E-state index in [4.69, 9.17) is 5.73 Å². The molecule has 0 saturated carbocycles. The molecule has 1 rings (SSSR count). The Bertz CT molecular complexity index is 302. The predicted octanol–water partition coefficient (Wildman–Crippen LogP) is -0.513. The highest BCUT2D eigenvalue weighted by Crippen LogP contribution is 2.24. The highest BCUT2D eigenvalue weighted by atomic mass is 35.5. The van der Waals surface area contributed by atoms with Gasteiger partial charge in [-0.05, 0) is 6.92 Å². The molecule has 0 radical (unpaired) electrons. The first-order chi connectivity index (χ1) is 5.87. The molecule has 1 aliphatic heterocycles. The van der Waals surface area contributed by atoms with E-state index < -0.39 is 21.3 Å². The van der Waals surface area contributed by atoms with Gasteiger partial charge < -0.3 is 10.5 Å². The summed E-state index contributed by atoms with van der Waals surface area (Å²) in [6, 6.07) is 0. The van der Waals surface area contributed by atoms with Crippen LogP contribution in [0.3, 0.4) is 0 Å². The van der Waals surface area contributed by atoms with Gasteiger partial charge in [0.25, 0.3) is 0 Å².